The topological polar surface area (TPSA) is 96.4 Å². The lowest BCUT2D eigenvalue weighted by molar-refractivity contribution is -0.123. The Labute approximate surface area is 51.4 Å². The molecule has 0 aliphatic carbocycles. The van der Waals surface area contributed by atoms with Crippen LogP contribution in [0.2, 0.25) is 0 Å². The summed E-state index contributed by atoms with van der Waals surface area (Å²) in [7, 11) is 0. The number of rotatable bonds is 0. The van der Waals surface area contributed by atoms with Crippen LogP contribution in [0.5, 0.6) is 0 Å². The van der Waals surface area contributed by atoms with Gasteiger partial charge in [-0.2, -0.15) is 0 Å². The number of hydrogen-bond donors (Lipinski definition) is 4. The number of nitrogens with one attached hydrogen (secondary N) is 2. The first-order valence-corrected chi connectivity index (χ1v) is 2.28. The average molecular weight is 129 g/mol. The van der Waals surface area contributed by atoms with E-state index in [0.717, 1.165) is 5.23 Å². The molecule has 0 aromatic carbocycles. The molecule has 1 heterocycles. The summed E-state index contributed by atoms with van der Waals surface area (Å²) in [6, 6.07) is 0. The Kier molecular flexibility index (Phi) is 1.25. The van der Waals surface area contributed by atoms with Crippen LogP contribution in [0.15, 0.2) is 11.9 Å². The van der Waals surface area contributed by atoms with E-state index in [1.165, 1.54) is 6.08 Å². The maximum atomic E-state index is 10.5. The second-order valence-corrected chi connectivity index (χ2v) is 1.56. The van der Waals surface area contributed by atoms with E-state index in [1.54, 1.807) is 0 Å². The first kappa shape index (κ1) is 5.86. The van der Waals surface area contributed by atoms with Crippen molar-refractivity contribution in [3.05, 3.63) is 11.9 Å². The van der Waals surface area contributed by atoms with Crippen LogP contribution in [0.3, 0.4) is 0 Å². The summed E-state index contributed by atoms with van der Waals surface area (Å²) < 4.78 is 0. The van der Waals surface area contributed by atoms with E-state index in [2.05, 4.69) is 10.9 Å². The van der Waals surface area contributed by atoms with Gasteiger partial charge in [-0.3, -0.25) is 15.6 Å². The molecule has 0 unspecified atom stereocenters. The van der Waals surface area contributed by atoms with E-state index < -0.39 is 0 Å². The third-order valence-electron chi connectivity index (χ3n) is 0.767. The van der Waals surface area contributed by atoms with Gasteiger partial charge in [-0.1, -0.05) is 5.23 Å². The molecule has 0 spiro atoms. The molecule has 1 aliphatic heterocycles. The zero-order valence-corrected chi connectivity index (χ0v) is 4.59. The molecular weight excluding hydrogens is 122 g/mol. The Hall–Kier alpha value is -1.27. The summed E-state index contributed by atoms with van der Waals surface area (Å²) in [6.45, 7) is 0. The fourth-order valence-electron chi connectivity index (χ4n) is 0.492. The van der Waals surface area contributed by atoms with Crippen LogP contribution in [0, 0.1) is 0 Å². The highest BCUT2D eigenvalue weighted by molar-refractivity contribution is 5.88. The number of carbonyl (C=O) groups excluding carboxylic acids is 1. The Bertz CT molecular complexity index is 164. The zero-order chi connectivity index (χ0) is 6.85. The highest BCUT2D eigenvalue weighted by Crippen LogP contribution is 1.83. The van der Waals surface area contributed by atoms with Crippen LogP contribution < -0.4 is 22.4 Å². The van der Waals surface area contributed by atoms with Crippen molar-refractivity contribution in [1.29, 1.82) is 0 Å². The van der Waals surface area contributed by atoms with Gasteiger partial charge in [-0.15, -0.1) is 0 Å². The molecule has 1 rings (SSSR count). The van der Waals surface area contributed by atoms with Crippen molar-refractivity contribution in [2.75, 3.05) is 0 Å². The second kappa shape index (κ2) is 1.92. The maximum absolute atomic E-state index is 10.5. The number of amides is 1. The van der Waals surface area contributed by atoms with Crippen molar-refractivity contribution in [1.82, 2.24) is 16.1 Å². The summed E-state index contributed by atoms with van der Waals surface area (Å²) >= 11 is 0. The number of nitrogens with two attached hydrogens (primary N) is 2. The van der Waals surface area contributed by atoms with Crippen LogP contribution in [-0.4, -0.2) is 11.1 Å². The maximum Gasteiger partial charge on any atom is 0.264 e. The van der Waals surface area contributed by atoms with Crippen LogP contribution in [0.1, 0.15) is 0 Å². The highest BCUT2D eigenvalue weighted by atomic mass is 16.2. The quantitative estimate of drug-likeness (QED) is 0.271. The molecule has 0 aromatic heterocycles. The Balaban J connectivity index is 2.67. The van der Waals surface area contributed by atoms with E-state index in [9.17, 15) is 4.79 Å². The smallest absolute Gasteiger partial charge is 0.264 e. The fraction of sp³-hybridized carbons (Fsp3) is 0. The summed E-state index contributed by atoms with van der Waals surface area (Å²) in [6.07, 6.45) is 1.20. The molecule has 6 N–H and O–H groups in total. The van der Waals surface area contributed by atoms with Crippen molar-refractivity contribution >= 4 is 5.91 Å². The van der Waals surface area contributed by atoms with Crippen LogP contribution in [0.4, 0.5) is 0 Å². The van der Waals surface area contributed by atoms with E-state index in [0.29, 0.717) is 0 Å². The molecule has 1 amide bonds. The van der Waals surface area contributed by atoms with Crippen LogP contribution in [0.25, 0.3) is 0 Å². The van der Waals surface area contributed by atoms with Crippen molar-refractivity contribution < 1.29 is 4.79 Å². The van der Waals surface area contributed by atoms with Crippen molar-refractivity contribution in [2.24, 2.45) is 11.6 Å². The molecule has 0 atom stereocenters. The van der Waals surface area contributed by atoms with Crippen molar-refractivity contribution in [3.8, 4) is 0 Å². The van der Waals surface area contributed by atoms with Gasteiger partial charge in [0.15, 0.2) is 0 Å². The molecule has 0 saturated heterocycles. The summed E-state index contributed by atoms with van der Waals surface area (Å²) in [5, 5.41) is 0.887. The third kappa shape index (κ3) is 1.31. The van der Waals surface area contributed by atoms with Gasteiger partial charge < -0.3 is 5.73 Å². The minimum atomic E-state index is -0.339. The van der Waals surface area contributed by atoms with Gasteiger partial charge in [0.2, 0.25) is 0 Å². The lowest BCUT2D eigenvalue weighted by Gasteiger charge is -2.21. The molecule has 0 fully saturated rings. The second-order valence-electron chi connectivity index (χ2n) is 1.56. The summed E-state index contributed by atoms with van der Waals surface area (Å²) in [5.41, 5.74) is 9.82. The molecule has 0 aromatic rings. The van der Waals surface area contributed by atoms with Gasteiger partial charge in [0.1, 0.15) is 5.82 Å². The van der Waals surface area contributed by atoms with Crippen molar-refractivity contribution in [2.45, 2.75) is 0 Å². The van der Waals surface area contributed by atoms with E-state index in [-0.39, 0.29) is 11.7 Å². The number of nitrogens with zero attached hydrogens (tertiary/aromatic N) is 1. The Morgan fingerprint density at radius 3 is 2.67 bits per heavy atom. The highest BCUT2D eigenvalue weighted by Gasteiger charge is 2.08. The summed E-state index contributed by atoms with van der Waals surface area (Å²) in [4.78, 5) is 10.5. The van der Waals surface area contributed by atoms with Gasteiger partial charge in [0.05, 0.1) is 0 Å². The van der Waals surface area contributed by atoms with Gasteiger partial charge in [0.25, 0.3) is 5.91 Å². The standard InChI is InChI=1S/C3H7N5O/c4-2-1-3(9)7-8(5)6-2/h1,6H,4-5H2,(H,7,9). The lowest BCUT2D eigenvalue weighted by atomic mass is 10.5. The normalized spacial score (nSPS) is 20.1. The third-order valence-corrected chi connectivity index (χ3v) is 0.767. The minimum absolute atomic E-state index is 0.223. The zero-order valence-electron chi connectivity index (χ0n) is 4.59. The first-order valence-electron chi connectivity index (χ1n) is 2.28. The van der Waals surface area contributed by atoms with E-state index in [1.807, 2.05) is 0 Å². The van der Waals surface area contributed by atoms with Gasteiger partial charge in [-0.05, 0) is 0 Å². The minimum Gasteiger partial charge on any atom is -0.384 e. The molecule has 0 saturated carbocycles. The van der Waals surface area contributed by atoms with Crippen LogP contribution in [-0.2, 0) is 4.79 Å². The number of hydrogen-bond acceptors (Lipinski definition) is 5. The van der Waals surface area contributed by atoms with Crippen molar-refractivity contribution in [3.63, 3.8) is 0 Å². The van der Waals surface area contributed by atoms with Gasteiger partial charge >= 0.3 is 0 Å². The predicted octanol–water partition coefficient (Wildman–Crippen LogP) is -2.49. The molecule has 0 radical (unpaired) electrons. The van der Waals surface area contributed by atoms with E-state index in [4.69, 9.17) is 11.6 Å². The number of carbonyl (C=O) groups is 1. The summed E-state index contributed by atoms with van der Waals surface area (Å²) in [5.74, 6) is 4.97. The molecular formula is C3H7N5O. The molecule has 50 valence electrons. The number of hydrazine groups is 3. The predicted molar refractivity (Wildman–Crippen MR) is 29.6 cm³/mol. The van der Waals surface area contributed by atoms with Crippen LogP contribution >= 0.6 is 0 Å². The molecule has 1 aliphatic rings. The lowest BCUT2D eigenvalue weighted by Crippen LogP contribution is -2.58. The SMILES string of the molecule is NC1=CC(=O)NN(N)N1. The molecule has 0 bridgehead atoms. The van der Waals surface area contributed by atoms with E-state index >= 15 is 0 Å². The Morgan fingerprint density at radius 1 is 1.56 bits per heavy atom. The molecule has 9 heavy (non-hydrogen) atoms. The monoisotopic (exact) mass is 129 g/mol. The fourth-order valence-corrected chi connectivity index (χ4v) is 0.492. The van der Waals surface area contributed by atoms with Gasteiger partial charge in [-0.25, -0.2) is 5.84 Å². The van der Waals surface area contributed by atoms with Gasteiger partial charge in [0, 0.05) is 6.08 Å². The first-order chi connectivity index (χ1) is 4.18. The average Bonchev–Trinajstić information content (AvgIpc) is 1.59. The molecule has 6 nitrogen and oxygen atoms in total. The molecule has 6 heteroatoms. The Morgan fingerprint density at radius 2 is 2.22 bits per heavy atom. The largest absolute Gasteiger partial charge is 0.384 e.